The van der Waals surface area contributed by atoms with Gasteiger partial charge < -0.3 is 10.6 Å². The summed E-state index contributed by atoms with van der Waals surface area (Å²) in [5, 5.41) is 0. The van der Waals surface area contributed by atoms with Gasteiger partial charge in [0, 0.05) is 31.1 Å². The van der Waals surface area contributed by atoms with E-state index in [2.05, 4.69) is 11.8 Å². The normalized spacial score (nSPS) is 25.2. The number of hydrogen-bond donors (Lipinski definition) is 1. The van der Waals surface area contributed by atoms with E-state index in [1.165, 1.54) is 6.26 Å². The first-order chi connectivity index (χ1) is 8.38. The number of benzene rings is 1. The zero-order valence-electron chi connectivity index (χ0n) is 10.8. The molecule has 1 aromatic carbocycles. The molecule has 2 rings (SSSR count). The van der Waals surface area contributed by atoms with E-state index in [-0.39, 0.29) is 6.04 Å². The van der Waals surface area contributed by atoms with Crippen LogP contribution in [-0.4, -0.2) is 33.8 Å². The van der Waals surface area contributed by atoms with E-state index in [0.29, 0.717) is 10.8 Å². The largest absolute Gasteiger partial charge is 0.370 e. The Morgan fingerprint density at radius 2 is 1.89 bits per heavy atom. The topological polar surface area (TPSA) is 63.4 Å². The predicted octanol–water partition coefficient (Wildman–Crippen LogP) is 1.26. The minimum atomic E-state index is -3.11. The van der Waals surface area contributed by atoms with Gasteiger partial charge >= 0.3 is 0 Å². The molecule has 0 radical (unpaired) electrons. The maximum absolute atomic E-state index is 11.4. The summed E-state index contributed by atoms with van der Waals surface area (Å²) < 4.78 is 22.8. The second-order valence-electron chi connectivity index (χ2n) is 5.14. The third kappa shape index (κ3) is 2.84. The van der Waals surface area contributed by atoms with Gasteiger partial charge in [-0.05, 0) is 36.6 Å². The van der Waals surface area contributed by atoms with Crippen molar-refractivity contribution in [2.75, 3.05) is 24.2 Å². The zero-order valence-corrected chi connectivity index (χ0v) is 11.7. The summed E-state index contributed by atoms with van der Waals surface area (Å²) in [6, 6.07) is 7.23. The first-order valence-corrected chi connectivity index (χ1v) is 8.08. The molecule has 2 N–H and O–H groups in total. The molecule has 4 nitrogen and oxygen atoms in total. The van der Waals surface area contributed by atoms with Crippen molar-refractivity contribution >= 4 is 15.5 Å². The minimum Gasteiger partial charge on any atom is -0.370 e. The van der Waals surface area contributed by atoms with Gasteiger partial charge in [-0.2, -0.15) is 0 Å². The van der Waals surface area contributed by atoms with E-state index >= 15 is 0 Å². The molecule has 0 bridgehead atoms. The van der Waals surface area contributed by atoms with Crippen molar-refractivity contribution in [2.24, 2.45) is 11.7 Å². The summed E-state index contributed by atoms with van der Waals surface area (Å²) in [6.07, 6.45) is 2.30. The van der Waals surface area contributed by atoms with Gasteiger partial charge in [0.15, 0.2) is 9.84 Å². The lowest BCUT2D eigenvalue weighted by Gasteiger charge is -2.36. The quantitative estimate of drug-likeness (QED) is 0.877. The summed E-state index contributed by atoms with van der Waals surface area (Å²) in [4.78, 5) is 2.58. The fourth-order valence-corrected chi connectivity index (χ4v) is 2.87. The average molecular weight is 268 g/mol. The first-order valence-electron chi connectivity index (χ1n) is 6.18. The molecule has 1 heterocycles. The molecule has 100 valence electrons. The average Bonchev–Trinajstić information content (AvgIpc) is 2.32. The van der Waals surface area contributed by atoms with Gasteiger partial charge in [0.05, 0.1) is 4.90 Å². The summed E-state index contributed by atoms with van der Waals surface area (Å²) in [5.74, 6) is 0.552. The molecular formula is C13H20N2O2S. The number of anilines is 1. The predicted molar refractivity (Wildman–Crippen MR) is 73.5 cm³/mol. The number of piperidine rings is 1. The number of rotatable bonds is 2. The summed E-state index contributed by atoms with van der Waals surface area (Å²) in [6.45, 7) is 3.99. The molecule has 0 aromatic heterocycles. The Labute approximate surface area is 109 Å². The third-order valence-electron chi connectivity index (χ3n) is 3.65. The SMILES string of the molecule is CC1CCN(c2ccc(S(C)(=O)=O)cc2)CC1N. The molecule has 1 saturated heterocycles. The van der Waals surface area contributed by atoms with Crippen LogP contribution in [0.25, 0.3) is 0 Å². The van der Waals surface area contributed by atoms with Crippen molar-refractivity contribution < 1.29 is 8.42 Å². The molecule has 1 aliphatic heterocycles. The molecule has 1 aliphatic rings. The lowest BCUT2D eigenvalue weighted by molar-refractivity contribution is 0.379. The second kappa shape index (κ2) is 4.90. The van der Waals surface area contributed by atoms with Crippen LogP contribution in [-0.2, 0) is 9.84 Å². The minimum absolute atomic E-state index is 0.188. The molecule has 0 aliphatic carbocycles. The zero-order chi connectivity index (χ0) is 13.3. The van der Waals surface area contributed by atoms with E-state index in [0.717, 1.165) is 25.2 Å². The van der Waals surface area contributed by atoms with Crippen LogP contribution in [0.5, 0.6) is 0 Å². The second-order valence-corrected chi connectivity index (χ2v) is 7.16. The van der Waals surface area contributed by atoms with E-state index in [1.807, 2.05) is 12.1 Å². The Bertz CT molecular complexity index is 510. The number of hydrogen-bond acceptors (Lipinski definition) is 4. The van der Waals surface area contributed by atoms with Gasteiger partial charge in [0.25, 0.3) is 0 Å². The summed E-state index contributed by atoms with van der Waals surface area (Å²) in [7, 11) is -3.11. The summed E-state index contributed by atoms with van der Waals surface area (Å²) in [5.41, 5.74) is 7.11. The molecular weight excluding hydrogens is 248 g/mol. The third-order valence-corrected chi connectivity index (χ3v) is 4.77. The van der Waals surface area contributed by atoms with Gasteiger partial charge in [-0.3, -0.25) is 0 Å². The highest BCUT2D eigenvalue weighted by molar-refractivity contribution is 7.90. The van der Waals surface area contributed by atoms with Gasteiger partial charge in [0.1, 0.15) is 0 Å². The first kappa shape index (κ1) is 13.4. The number of nitrogens with zero attached hydrogens (tertiary/aromatic N) is 1. The Kier molecular flexibility index (Phi) is 3.64. The van der Waals surface area contributed by atoms with Crippen LogP contribution in [0.3, 0.4) is 0 Å². The molecule has 0 saturated carbocycles. The van der Waals surface area contributed by atoms with Crippen LogP contribution < -0.4 is 10.6 Å². The fourth-order valence-electron chi connectivity index (χ4n) is 2.24. The van der Waals surface area contributed by atoms with Crippen molar-refractivity contribution in [1.29, 1.82) is 0 Å². The van der Waals surface area contributed by atoms with Gasteiger partial charge in [0.2, 0.25) is 0 Å². The Hall–Kier alpha value is -1.07. The monoisotopic (exact) mass is 268 g/mol. The molecule has 2 unspecified atom stereocenters. The number of nitrogens with two attached hydrogens (primary N) is 1. The van der Waals surface area contributed by atoms with E-state index in [4.69, 9.17) is 5.73 Å². The van der Waals surface area contributed by atoms with E-state index < -0.39 is 9.84 Å². The smallest absolute Gasteiger partial charge is 0.175 e. The van der Waals surface area contributed by atoms with Crippen molar-refractivity contribution in [2.45, 2.75) is 24.3 Å². The maximum atomic E-state index is 11.4. The van der Waals surface area contributed by atoms with Gasteiger partial charge in [-0.1, -0.05) is 6.92 Å². The number of sulfone groups is 1. The van der Waals surface area contributed by atoms with Gasteiger partial charge in [-0.25, -0.2) is 8.42 Å². The molecule has 0 spiro atoms. The summed E-state index contributed by atoms with van der Waals surface area (Å²) >= 11 is 0. The van der Waals surface area contributed by atoms with Crippen LogP contribution in [0, 0.1) is 5.92 Å². The highest BCUT2D eigenvalue weighted by atomic mass is 32.2. The lowest BCUT2D eigenvalue weighted by Crippen LogP contribution is -2.47. The fraction of sp³-hybridized carbons (Fsp3) is 0.538. The van der Waals surface area contributed by atoms with Crippen LogP contribution in [0.4, 0.5) is 5.69 Å². The van der Waals surface area contributed by atoms with Gasteiger partial charge in [-0.15, -0.1) is 0 Å². The molecule has 5 heteroatoms. The van der Waals surface area contributed by atoms with Crippen LogP contribution in [0.15, 0.2) is 29.2 Å². The van der Waals surface area contributed by atoms with Crippen LogP contribution >= 0.6 is 0 Å². The Morgan fingerprint density at radius 1 is 1.28 bits per heavy atom. The van der Waals surface area contributed by atoms with Crippen molar-refractivity contribution in [3.8, 4) is 0 Å². The molecule has 0 amide bonds. The highest BCUT2D eigenvalue weighted by Crippen LogP contribution is 2.23. The van der Waals surface area contributed by atoms with Crippen molar-refractivity contribution in [1.82, 2.24) is 0 Å². The Morgan fingerprint density at radius 3 is 2.39 bits per heavy atom. The van der Waals surface area contributed by atoms with E-state index in [9.17, 15) is 8.42 Å². The van der Waals surface area contributed by atoms with Crippen molar-refractivity contribution in [3.05, 3.63) is 24.3 Å². The molecule has 2 atom stereocenters. The molecule has 1 aromatic rings. The Balaban J connectivity index is 2.16. The maximum Gasteiger partial charge on any atom is 0.175 e. The standard InChI is InChI=1S/C13H20N2O2S/c1-10-7-8-15(9-13(10)14)11-3-5-12(6-4-11)18(2,16)17/h3-6,10,13H,7-9,14H2,1-2H3. The van der Waals surface area contributed by atoms with Crippen LogP contribution in [0.2, 0.25) is 0 Å². The molecule has 18 heavy (non-hydrogen) atoms. The van der Waals surface area contributed by atoms with Crippen LogP contribution in [0.1, 0.15) is 13.3 Å². The van der Waals surface area contributed by atoms with E-state index in [1.54, 1.807) is 12.1 Å². The van der Waals surface area contributed by atoms with Crippen molar-refractivity contribution in [3.63, 3.8) is 0 Å². The lowest BCUT2D eigenvalue weighted by atomic mass is 9.94. The highest BCUT2D eigenvalue weighted by Gasteiger charge is 2.23. The molecule has 1 fully saturated rings.